The fourth-order valence-corrected chi connectivity index (χ4v) is 2.01. The van der Waals surface area contributed by atoms with E-state index in [2.05, 4.69) is 0 Å². The summed E-state index contributed by atoms with van der Waals surface area (Å²) in [7, 11) is 0. The zero-order valence-corrected chi connectivity index (χ0v) is 10.9. The first-order chi connectivity index (χ1) is 8.79. The highest BCUT2D eigenvalue weighted by Gasteiger charge is 2.33. The van der Waals surface area contributed by atoms with Crippen molar-refractivity contribution in [3.63, 3.8) is 0 Å². The number of halogens is 5. The largest absolute Gasteiger partial charge is 0.417 e. The van der Waals surface area contributed by atoms with Crippen molar-refractivity contribution in [1.29, 1.82) is 0 Å². The van der Waals surface area contributed by atoms with Crippen LogP contribution in [-0.2, 0) is 6.18 Å². The first-order valence-electron chi connectivity index (χ1n) is 5.21. The molecular weight excluding hydrogens is 298 g/mol. The molecule has 0 unspecified atom stereocenters. The zero-order valence-electron chi connectivity index (χ0n) is 9.43. The minimum Gasteiger partial charge on any atom is -0.399 e. The molecule has 0 aliphatic rings. The van der Waals surface area contributed by atoms with Gasteiger partial charge < -0.3 is 5.73 Å². The predicted molar refractivity (Wildman–Crippen MR) is 71.3 cm³/mol. The fraction of sp³-hybridized carbons (Fsp3) is 0.0769. The Morgan fingerprint density at radius 3 is 2.16 bits per heavy atom. The van der Waals surface area contributed by atoms with E-state index in [9.17, 15) is 13.2 Å². The van der Waals surface area contributed by atoms with Crippen LogP contribution in [-0.4, -0.2) is 0 Å². The number of hydrogen-bond donors (Lipinski definition) is 1. The van der Waals surface area contributed by atoms with Gasteiger partial charge in [-0.25, -0.2) is 0 Å². The van der Waals surface area contributed by atoms with Gasteiger partial charge in [-0.2, -0.15) is 13.2 Å². The molecule has 0 aliphatic carbocycles. The van der Waals surface area contributed by atoms with Crippen LogP contribution in [0.4, 0.5) is 18.9 Å². The molecule has 2 aromatic rings. The second-order valence-corrected chi connectivity index (χ2v) is 4.75. The predicted octanol–water partition coefficient (Wildman–Crippen LogP) is 5.26. The second kappa shape index (κ2) is 4.94. The van der Waals surface area contributed by atoms with E-state index in [0.29, 0.717) is 5.56 Å². The molecule has 0 aromatic heterocycles. The Balaban J connectivity index is 2.65. The van der Waals surface area contributed by atoms with Crippen LogP contribution in [0.5, 0.6) is 0 Å². The van der Waals surface area contributed by atoms with Gasteiger partial charge in [0.1, 0.15) is 0 Å². The van der Waals surface area contributed by atoms with Crippen LogP contribution in [0.2, 0.25) is 10.0 Å². The quantitative estimate of drug-likeness (QED) is 0.714. The maximum absolute atomic E-state index is 13.0. The summed E-state index contributed by atoms with van der Waals surface area (Å²) in [6.07, 6.45) is -4.49. The van der Waals surface area contributed by atoms with Crippen molar-refractivity contribution in [2.24, 2.45) is 0 Å². The molecule has 6 heteroatoms. The van der Waals surface area contributed by atoms with Crippen molar-refractivity contribution < 1.29 is 13.2 Å². The van der Waals surface area contributed by atoms with Crippen molar-refractivity contribution >= 4 is 28.9 Å². The van der Waals surface area contributed by atoms with Gasteiger partial charge in [-0.1, -0.05) is 35.3 Å². The van der Waals surface area contributed by atoms with Crippen LogP contribution in [0.1, 0.15) is 5.56 Å². The molecule has 2 aromatic carbocycles. The van der Waals surface area contributed by atoms with Gasteiger partial charge in [0, 0.05) is 5.69 Å². The highest BCUT2D eigenvalue weighted by molar-refractivity contribution is 6.42. The van der Waals surface area contributed by atoms with Crippen molar-refractivity contribution in [3.05, 3.63) is 52.0 Å². The molecule has 2 N–H and O–H groups in total. The normalized spacial score (nSPS) is 11.6. The van der Waals surface area contributed by atoms with E-state index in [1.165, 1.54) is 30.3 Å². The van der Waals surface area contributed by atoms with E-state index in [4.69, 9.17) is 28.9 Å². The average Bonchev–Trinajstić information content (AvgIpc) is 2.32. The number of nitrogens with two attached hydrogens (primary N) is 1. The van der Waals surface area contributed by atoms with E-state index < -0.39 is 11.7 Å². The molecule has 1 nitrogen and oxygen atoms in total. The number of nitrogen functional groups attached to an aromatic ring is 1. The Morgan fingerprint density at radius 2 is 1.58 bits per heavy atom. The lowest BCUT2D eigenvalue weighted by molar-refractivity contribution is -0.137. The van der Waals surface area contributed by atoms with Gasteiger partial charge in [0.15, 0.2) is 0 Å². The molecule has 0 saturated carbocycles. The van der Waals surface area contributed by atoms with Crippen molar-refractivity contribution in [1.82, 2.24) is 0 Å². The number of hydrogen-bond acceptors (Lipinski definition) is 1. The van der Waals surface area contributed by atoms with Crippen molar-refractivity contribution in [3.8, 4) is 11.1 Å². The maximum Gasteiger partial charge on any atom is 0.417 e. The van der Waals surface area contributed by atoms with Gasteiger partial charge in [-0.15, -0.1) is 0 Å². The number of anilines is 1. The Bertz CT molecular complexity index is 624. The summed E-state index contributed by atoms with van der Waals surface area (Å²) in [5, 5.41) is 0.485. The summed E-state index contributed by atoms with van der Waals surface area (Å²) in [6, 6.07) is 7.96. The minimum atomic E-state index is -4.49. The van der Waals surface area contributed by atoms with Gasteiger partial charge in [0.05, 0.1) is 15.6 Å². The molecule has 100 valence electrons. The maximum atomic E-state index is 13.0. The van der Waals surface area contributed by atoms with E-state index in [1.54, 1.807) is 0 Å². The molecule has 0 heterocycles. The lowest BCUT2D eigenvalue weighted by Crippen LogP contribution is -2.08. The van der Waals surface area contributed by atoms with Gasteiger partial charge in [0.25, 0.3) is 0 Å². The van der Waals surface area contributed by atoms with Crippen LogP contribution in [0.15, 0.2) is 36.4 Å². The van der Waals surface area contributed by atoms with E-state index in [1.807, 2.05) is 0 Å². The van der Waals surface area contributed by atoms with Crippen LogP contribution in [0, 0.1) is 0 Å². The third-order valence-electron chi connectivity index (χ3n) is 2.58. The lowest BCUT2D eigenvalue weighted by Gasteiger charge is -2.14. The van der Waals surface area contributed by atoms with E-state index >= 15 is 0 Å². The third kappa shape index (κ3) is 2.96. The summed E-state index contributed by atoms with van der Waals surface area (Å²) in [6.45, 7) is 0. The summed E-state index contributed by atoms with van der Waals surface area (Å²) >= 11 is 11.6. The van der Waals surface area contributed by atoms with E-state index in [0.717, 1.165) is 6.07 Å². The third-order valence-corrected chi connectivity index (χ3v) is 3.32. The molecule has 0 aliphatic heterocycles. The second-order valence-electron chi connectivity index (χ2n) is 3.93. The number of benzene rings is 2. The van der Waals surface area contributed by atoms with E-state index in [-0.39, 0.29) is 21.3 Å². The Labute approximate surface area is 117 Å². The first-order valence-corrected chi connectivity index (χ1v) is 5.97. The topological polar surface area (TPSA) is 26.0 Å². The van der Waals surface area contributed by atoms with Crippen LogP contribution in [0.3, 0.4) is 0 Å². The summed E-state index contributed by atoms with van der Waals surface area (Å²) in [4.78, 5) is 0. The average molecular weight is 306 g/mol. The standard InChI is InChI=1S/C13H8Cl2F3N/c14-11-4-1-7(5-12(11)15)9-3-2-8(19)6-10(9)13(16,17)18/h1-6H,19H2. The zero-order chi connectivity index (χ0) is 14.2. The summed E-state index contributed by atoms with van der Waals surface area (Å²) in [5.41, 5.74) is 5.01. The number of alkyl halides is 3. The van der Waals surface area contributed by atoms with Crippen LogP contribution < -0.4 is 5.73 Å². The number of rotatable bonds is 1. The molecule has 19 heavy (non-hydrogen) atoms. The molecular formula is C13H8Cl2F3N. The van der Waals surface area contributed by atoms with Gasteiger partial charge in [-0.3, -0.25) is 0 Å². The first kappa shape index (κ1) is 14.0. The molecule has 0 bridgehead atoms. The van der Waals surface area contributed by atoms with Gasteiger partial charge in [0.2, 0.25) is 0 Å². The Morgan fingerprint density at radius 1 is 0.895 bits per heavy atom. The fourth-order valence-electron chi connectivity index (χ4n) is 1.71. The van der Waals surface area contributed by atoms with Crippen molar-refractivity contribution in [2.75, 3.05) is 5.73 Å². The smallest absolute Gasteiger partial charge is 0.399 e. The van der Waals surface area contributed by atoms with Gasteiger partial charge >= 0.3 is 6.18 Å². The molecule has 0 amide bonds. The molecule has 0 saturated heterocycles. The molecule has 0 spiro atoms. The molecule has 0 radical (unpaired) electrons. The summed E-state index contributed by atoms with van der Waals surface area (Å²) in [5.74, 6) is 0. The SMILES string of the molecule is Nc1ccc(-c2ccc(Cl)c(Cl)c2)c(C(F)(F)F)c1. The highest BCUT2D eigenvalue weighted by Crippen LogP contribution is 2.39. The lowest BCUT2D eigenvalue weighted by atomic mass is 9.99. The highest BCUT2D eigenvalue weighted by atomic mass is 35.5. The molecule has 0 atom stereocenters. The monoisotopic (exact) mass is 305 g/mol. The Kier molecular flexibility index (Phi) is 3.65. The summed E-state index contributed by atoms with van der Waals surface area (Å²) < 4.78 is 38.9. The molecule has 0 fully saturated rings. The molecule has 2 rings (SSSR count). The van der Waals surface area contributed by atoms with Crippen LogP contribution >= 0.6 is 23.2 Å². The minimum absolute atomic E-state index is 0.0141. The van der Waals surface area contributed by atoms with Crippen LogP contribution in [0.25, 0.3) is 11.1 Å². The Hall–Kier alpha value is -1.39. The van der Waals surface area contributed by atoms with Crippen molar-refractivity contribution in [2.45, 2.75) is 6.18 Å². The van der Waals surface area contributed by atoms with Gasteiger partial charge in [-0.05, 0) is 35.4 Å².